The molecule has 0 aliphatic carbocycles. The van der Waals surface area contributed by atoms with E-state index in [9.17, 15) is 9.90 Å². The average molecular weight is 282 g/mol. The number of tetrazole rings is 1. The molecule has 20 heavy (non-hydrogen) atoms. The molecule has 1 aromatic rings. The lowest BCUT2D eigenvalue weighted by Crippen LogP contribution is -2.42. The van der Waals surface area contributed by atoms with Gasteiger partial charge in [0.25, 0.3) is 0 Å². The highest BCUT2D eigenvalue weighted by atomic mass is 16.4. The maximum Gasteiger partial charge on any atom is 0.331 e. The molecule has 0 aromatic carbocycles. The van der Waals surface area contributed by atoms with E-state index in [-0.39, 0.29) is 0 Å². The van der Waals surface area contributed by atoms with E-state index >= 15 is 0 Å². The monoisotopic (exact) mass is 282 g/mol. The van der Waals surface area contributed by atoms with E-state index in [0.717, 1.165) is 19.3 Å². The Morgan fingerprint density at radius 3 is 2.35 bits per heavy atom. The molecule has 1 aromatic heterocycles. The molecule has 0 aliphatic rings. The molecule has 0 radical (unpaired) electrons. The summed E-state index contributed by atoms with van der Waals surface area (Å²) in [5.41, 5.74) is -1.01. The van der Waals surface area contributed by atoms with Crippen LogP contribution in [0.1, 0.15) is 71.5 Å². The van der Waals surface area contributed by atoms with Crippen LogP contribution >= 0.6 is 0 Å². The van der Waals surface area contributed by atoms with E-state index in [4.69, 9.17) is 0 Å². The molecule has 0 atom stereocenters. The summed E-state index contributed by atoms with van der Waals surface area (Å²) in [6.45, 7) is 5.92. The third-order valence-corrected chi connectivity index (χ3v) is 4.01. The van der Waals surface area contributed by atoms with Crippen LogP contribution in [0.25, 0.3) is 0 Å². The van der Waals surface area contributed by atoms with E-state index in [1.807, 2.05) is 13.8 Å². The van der Waals surface area contributed by atoms with Crippen LogP contribution in [0.4, 0.5) is 0 Å². The number of unbranched alkanes of at least 4 members (excludes halogenated alkanes) is 4. The fourth-order valence-corrected chi connectivity index (χ4v) is 2.52. The van der Waals surface area contributed by atoms with Gasteiger partial charge in [-0.05, 0) is 29.7 Å². The number of nitrogens with zero attached hydrogens (tertiary/aromatic N) is 4. The van der Waals surface area contributed by atoms with E-state index in [1.165, 1.54) is 23.9 Å². The SMILES string of the molecule is CCCCCCCc1nnnn1C(CC)(CC)C(=O)O. The van der Waals surface area contributed by atoms with Crippen molar-refractivity contribution >= 4 is 5.97 Å². The Bertz CT molecular complexity index is 413. The third kappa shape index (κ3) is 3.55. The number of hydrogen-bond donors (Lipinski definition) is 1. The fraction of sp³-hybridized carbons (Fsp3) is 0.857. The van der Waals surface area contributed by atoms with Crippen LogP contribution in [-0.2, 0) is 16.8 Å². The van der Waals surface area contributed by atoms with Gasteiger partial charge in [-0.2, -0.15) is 0 Å². The zero-order chi connectivity index (χ0) is 15.0. The van der Waals surface area contributed by atoms with Gasteiger partial charge in [0.15, 0.2) is 11.4 Å². The van der Waals surface area contributed by atoms with E-state index in [2.05, 4.69) is 22.4 Å². The van der Waals surface area contributed by atoms with Crippen LogP contribution in [0.15, 0.2) is 0 Å². The van der Waals surface area contributed by atoms with Crippen molar-refractivity contribution in [2.24, 2.45) is 0 Å². The van der Waals surface area contributed by atoms with Crippen LogP contribution in [0.5, 0.6) is 0 Å². The van der Waals surface area contributed by atoms with Gasteiger partial charge in [0.1, 0.15) is 0 Å². The van der Waals surface area contributed by atoms with E-state index in [1.54, 1.807) is 0 Å². The summed E-state index contributed by atoms with van der Waals surface area (Å²) in [5, 5.41) is 21.2. The maximum atomic E-state index is 11.6. The summed E-state index contributed by atoms with van der Waals surface area (Å²) in [7, 11) is 0. The Kier molecular flexibility index (Phi) is 6.61. The molecule has 1 N–H and O–H groups in total. The number of aliphatic carboxylic acids is 1. The summed E-state index contributed by atoms with van der Waals surface area (Å²) in [5.74, 6) is -0.172. The molecule has 1 rings (SSSR count). The first-order valence-electron chi connectivity index (χ1n) is 7.63. The van der Waals surface area contributed by atoms with Gasteiger partial charge in [-0.15, -0.1) is 5.10 Å². The van der Waals surface area contributed by atoms with Crippen LogP contribution in [0, 0.1) is 0 Å². The van der Waals surface area contributed by atoms with Crippen molar-refractivity contribution in [2.75, 3.05) is 0 Å². The highest BCUT2D eigenvalue weighted by Gasteiger charge is 2.40. The number of rotatable bonds is 10. The Morgan fingerprint density at radius 1 is 1.15 bits per heavy atom. The molecule has 114 valence electrons. The number of hydrogen-bond acceptors (Lipinski definition) is 4. The number of carbonyl (C=O) groups is 1. The highest BCUT2D eigenvalue weighted by Crippen LogP contribution is 2.26. The third-order valence-electron chi connectivity index (χ3n) is 4.01. The summed E-state index contributed by atoms with van der Waals surface area (Å²) in [6.07, 6.45) is 7.51. The first-order chi connectivity index (χ1) is 9.62. The molecule has 0 saturated carbocycles. The molecule has 1 heterocycles. The molecule has 0 amide bonds. The summed E-state index contributed by atoms with van der Waals surface area (Å²) in [4.78, 5) is 11.6. The second-order valence-corrected chi connectivity index (χ2v) is 5.21. The molecule has 0 bridgehead atoms. The van der Waals surface area contributed by atoms with Crippen molar-refractivity contribution < 1.29 is 9.90 Å². The molecule has 0 spiro atoms. The number of carboxylic acid groups (broad SMARTS) is 1. The van der Waals surface area contributed by atoms with Gasteiger partial charge in [-0.25, -0.2) is 9.48 Å². The first kappa shape index (κ1) is 16.6. The quantitative estimate of drug-likeness (QED) is 0.667. The lowest BCUT2D eigenvalue weighted by Gasteiger charge is -2.27. The van der Waals surface area contributed by atoms with Gasteiger partial charge < -0.3 is 5.11 Å². The molecule has 0 aliphatic heterocycles. The van der Waals surface area contributed by atoms with Crippen molar-refractivity contribution in [3.8, 4) is 0 Å². The zero-order valence-corrected chi connectivity index (χ0v) is 12.8. The van der Waals surface area contributed by atoms with Crippen molar-refractivity contribution in [3.63, 3.8) is 0 Å². The van der Waals surface area contributed by atoms with Gasteiger partial charge >= 0.3 is 5.97 Å². The van der Waals surface area contributed by atoms with Crippen LogP contribution in [-0.4, -0.2) is 31.3 Å². The largest absolute Gasteiger partial charge is 0.479 e. The van der Waals surface area contributed by atoms with Gasteiger partial charge in [0.2, 0.25) is 0 Å². The zero-order valence-electron chi connectivity index (χ0n) is 12.8. The minimum atomic E-state index is -1.01. The molecule has 6 heteroatoms. The van der Waals surface area contributed by atoms with Gasteiger partial charge in [-0.1, -0.05) is 46.5 Å². The standard InChI is InChI=1S/C14H26N4O2/c1-4-7-8-9-10-11-12-15-16-17-18(12)14(5-2,6-3)13(19)20/h4-11H2,1-3H3,(H,19,20). The van der Waals surface area contributed by atoms with Gasteiger partial charge in [0.05, 0.1) is 0 Å². The van der Waals surface area contributed by atoms with Crippen molar-refractivity contribution in [2.45, 2.75) is 77.7 Å². The van der Waals surface area contributed by atoms with Crippen molar-refractivity contribution in [3.05, 3.63) is 5.82 Å². The second-order valence-electron chi connectivity index (χ2n) is 5.21. The molecular formula is C14H26N4O2. The smallest absolute Gasteiger partial charge is 0.331 e. The van der Waals surface area contributed by atoms with Crippen LogP contribution in [0.3, 0.4) is 0 Å². The van der Waals surface area contributed by atoms with E-state index < -0.39 is 11.5 Å². The Morgan fingerprint density at radius 2 is 1.80 bits per heavy atom. The van der Waals surface area contributed by atoms with Crippen molar-refractivity contribution in [1.29, 1.82) is 0 Å². The first-order valence-corrected chi connectivity index (χ1v) is 7.63. The average Bonchev–Trinajstić information content (AvgIpc) is 2.89. The van der Waals surface area contributed by atoms with E-state index in [0.29, 0.717) is 18.7 Å². The Balaban J connectivity index is 2.76. The molecule has 0 unspecified atom stereocenters. The lowest BCUT2D eigenvalue weighted by molar-refractivity contribution is -0.148. The topological polar surface area (TPSA) is 80.9 Å². The summed E-state index contributed by atoms with van der Waals surface area (Å²) < 4.78 is 1.52. The van der Waals surface area contributed by atoms with Crippen LogP contribution < -0.4 is 0 Å². The van der Waals surface area contributed by atoms with Crippen LogP contribution in [0.2, 0.25) is 0 Å². The Labute approximate surface area is 120 Å². The fourth-order valence-electron chi connectivity index (χ4n) is 2.52. The van der Waals surface area contributed by atoms with Gasteiger partial charge in [0, 0.05) is 6.42 Å². The summed E-state index contributed by atoms with van der Waals surface area (Å²) >= 11 is 0. The van der Waals surface area contributed by atoms with Gasteiger partial charge in [-0.3, -0.25) is 0 Å². The predicted octanol–water partition coefficient (Wildman–Crippen LogP) is 2.79. The number of aromatic nitrogens is 4. The minimum Gasteiger partial charge on any atom is -0.479 e. The summed E-state index contributed by atoms with van der Waals surface area (Å²) in [6, 6.07) is 0. The molecule has 0 fully saturated rings. The molecule has 0 saturated heterocycles. The number of aryl methyl sites for hydroxylation is 1. The normalized spacial score (nSPS) is 11.8. The number of carboxylic acids is 1. The van der Waals surface area contributed by atoms with Crippen molar-refractivity contribution in [1.82, 2.24) is 20.2 Å². The Hall–Kier alpha value is -1.46. The predicted molar refractivity (Wildman–Crippen MR) is 76.5 cm³/mol. The lowest BCUT2D eigenvalue weighted by atomic mass is 9.93. The second kappa shape index (κ2) is 7.97. The minimum absolute atomic E-state index is 0.479. The maximum absolute atomic E-state index is 11.6. The highest BCUT2D eigenvalue weighted by molar-refractivity contribution is 5.76. The molecular weight excluding hydrogens is 256 g/mol. The molecule has 6 nitrogen and oxygen atoms in total.